The van der Waals surface area contributed by atoms with Crippen molar-refractivity contribution in [2.45, 2.75) is 40.0 Å². The Labute approximate surface area is 142 Å². The summed E-state index contributed by atoms with van der Waals surface area (Å²) in [5, 5.41) is 1.26. The zero-order valence-electron chi connectivity index (χ0n) is 14.5. The molecule has 0 bridgehead atoms. The number of hydrogen-bond acceptors (Lipinski definition) is 2. The third kappa shape index (κ3) is 5.03. The van der Waals surface area contributed by atoms with Gasteiger partial charge >= 0.3 is 9.28 Å². The molecule has 2 aromatic rings. The Morgan fingerprint density at radius 1 is 0.783 bits per heavy atom. The Kier molecular flexibility index (Phi) is 7.53. The molecule has 0 unspecified atom stereocenters. The molecule has 0 aliphatic rings. The van der Waals surface area contributed by atoms with Crippen LogP contribution < -0.4 is 5.19 Å². The van der Waals surface area contributed by atoms with E-state index in [1.165, 1.54) is 21.9 Å². The summed E-state index contributed by atoms with van der Waals surface area (Å²) in [7, 11) is -1.42. The summed E-state index contributed by atoms with van der Waals surface area (Å²) in [6.07, 6.45) is 3.04. The minimum Gasteiger partial charge on any atom is -0.390 e. The molecule has 2 nitrogen and oxygen atoms in total. The van der Waals surface area contributed by atoms with Crippen LogP contribution in [-0.2, 0) is 15.3 Å². The Morgan fingerprint density at radius 2 is 1.43 bits per heavy atom. The molecule has 1 radical (unpaired) electrons. The van der Waals surface area contributed by atoms with Gasteiger partial charge in [0.2, 0.25) is 0 Å². The van der Waals surface area contributed by atoms with Crippen molar-refractivity contribution in [1.82, 2.24) is 0 Å². The summed E-state index contributed by atoms with van der Waals surface area (Å²) in [6, 6.07) is 17.2. The minimum atomic E-state index is -1.42. The summed E-state index contributed by atoms with van der Waals surface area (Å²) in [6.45, 7) is 7.99. The molecule has 123 valence electrons. The van der Waals surface area contributed by atoms with Gasteiger partial charge in [0.15, 0.2) is 0 Å². The van der Waals surface area contributed by atoms with E-state index in [4.69, 9.17) is 8.85 Å². The van der Waals surface area contributed by atoms with Crippen LogP contribution in [0.15, 0.2) is 48.5 Å². The summed E-state index contributed by atoms with van der Waals surface area (Å²) < 4.78 is 12.2. The molecule has 0 saturated carbocycles. The molecule has 0 spiro atoms. The van der Waals surface area contributed by atoms with Crippen LogP contribution in [-0.4, -0.2) is 22.5 Å². The molecule has 0 aliphatic heterocycles. The normalized spacial score (nSPS) is 11.1. The quantitative estimate of drug-likeness (QED) is 0.633. The fourth-order valence-electron chi connectivity index (χ4n) is 2.47. The molecule has 0 saturated heterocycles. The van der Waals surface area contributed by atoms with Crippen LogP contribution in [0.1, 0.15) is 39.2 Å². The molecule has 0 fully saturated rings. The van der Waals surface area contributed by atoms with Gasteiger partial charge in [-0.05, 0) is 41.1 Å². The van der Waals surface area contributed by atoms with E-state index in [-0.39, 0.29) is 0 Å². The highest BCUT2D eigenvalue weighted by Gasteiger charge is 2.22. The number of hydrogen-bond donors (Lipinski definition) is 0. The predicted octanol–water partition coefficient (Wildman–Crippen LogP) is 4.46. The average molecular weight is 328 g/mol. The Balaban J connectivity index is 2.35. The lowest BCUT2D eigenvalue weighted by Gasteiger charge is -2.19. The molecule has 0 amide bonds. The average Bonchev–Trinajstić information content (AvgIpc) is 2.62. The van der Waals surface area contributed by atoms with Gasteiger partial charge in [-0.25, -0.2) is 0 Å². The van der Waals surface area contributed by atoms with Crippen molar-refractivity contribution in [2.75, 3.05) is 13.2 Å². The molecular weight excluding hydrogens is 300 g/mol. The second kappa shape index (κ2) is 9.66. The fraction of sp³-hybridized carbons (Fsp3) is 0.400. The van der Waals surface area contributed by atoms with Crippen molar-refractivity contribution in [3.63, 3.8) is 0 Å². The lowest BCUT2D eigenvalue weighted by molar-refractivity contribution is 0.207. The van der Waals surface area contributed by atoms with Gasteiger partial charge in [0, 0.05) is 13.2 Å². The highest BCUT2D eigenvalue weighted by Crippen LogP contribution is 2.19. The first kappa shape index (κ1) is 17.9. The maximum atomic E-state index is 6.09. The molecule has 2 aromatic carbocycles. The standard InChI is InChI=1S/C20H27O2Si/c1-4-14-21-23(22-15-5-2)20-16-19(13-12-17(20)6-3)18-10-8-7-9-11-18/h7-13,16H,4-6,14-15H2,1-3H3. The van der Waals surface area contributed by atoms with Crippen LogP contribution >= 0.6 is 0 Å². The van der Waals surface area contributed by atoms with E-state index in [1.807, 2.05) is 0 Å². The third-order valence-corrected chi connectivity index (χ3v) is 5.53. The number of rotatable bonds is 9. The highest BCUT2D eigenvalue weighted by molar-refractivity contribution is 6.62. The fourth-order valence-corrected chi connectivity index (χ4v) is 4.44. The topological polar surface area (TPSA) is 18.5 Å². The Bertz CT molecular complexity index is 575. The van der Waals surface area contributed by atoms with E-state index in [0.717, 1.165) is 32.5 Å². The van der Waals surface area contributed by atoms with Crippen LogP contribution in [0.4, 0.5) is 0 Å². The van der Waals surface area contributed by atoms with E-state index >= 15 is 0 Å². The number of aryl methyl sites for hydroxylation is 1. The monoisotopic (exact) mass is 327 g/mol. The van der Waals surface area contributed by atoms with Gasteiger partial charge < -0.3 is 8.85 Å². The van der Waals surface area contributed by atoms with Crippen LogP contribution in [0.3, 0.4) is 0 Å². The van der Waals surface area contributed by atoms with E-state index in [9.17, 15) is 0 Å². The van der Waals surface area contributed by atoms with Gasteiger partial charge in [0.05, 0.1) is 0 Å². The first-order chi connectivity index (χ1) is 11.3. The van der Waals surface area contributed by atoms with Gasteiger partial charge in [0.25, 0.3) is 0 Å². The van der Waals surface area contributed by atoms with Crippen molar-refractivity contribution < 1.29 is 8.85 Å². The van der Waals surface area contributed by atoms with Gasteiger partial charge in [-0.3, -0.25) is 0 Å². The second-order valence-electron chi connectivity index (χ2n) is 5.58. The van der Waals surface area contributed by atoms with Gasteiger partial charge in [-0.15, -0.1) is 0 Å². The van der Waals surface area contributed by atoms with Crippen molar-refractivity contribution >= 4 is 14.5 Å². The molecule has 23 heavy (non-hydrogen) atoms. The molecular formula is C20H27O2Si. The smallest absolute Gasteiger partial charge is 0.390 e. The SMILES string of the molecule is CCCO[Si](OCCC)c1cc(-c2ccccc2)ccc1CC. The van der Waals surface area contributed by atoms with Crippen molar-refractivity contribution in [1.29, 1.82) is 0 Å². The molecule has 3 heteroatoms. The zero-order chi connectivity index (χ0) is 16.5. The summed E-state index contributed by atoms with van der Waals surface area (Å²) in [4.78, 5) is 0. The van der Waals surface area contributed by atoms with E-state index < -0.39 is 9.28 Å². The summed E-state index contributed by atoms with van der Waals surface area (Å²) in [5.74, 6) is 0. The molecule has 0 aliphatic carbocycles. The molecule has 0 heterocycles. The Hall–Kier alpha value is -1.42. The van der Waals surface area contributed by atoms with E-state index in [1.54, 1.807) is 0 Å². The summed E-state index contributed by atoms with van der Waals surface area (Å²) >= 11 is 0. The van der Waals surface area contributed by atoms with Gasteiger partial charge in [-0.2, -0.15) is 0 Å². The van der Waals surface area contributed by atoms with Gasteiger partial charge in [-0.1, -0.05) is 69.3 Å². The highest BCUT2D eigenvalue weighted by atomic mass is 28.3. The largest absolute Gasteiger partial charge is 0.423 e. The third-order valence-electron chi connectivity index (χ3n) is 3.69. The van der Waals surface area contributed by atoms with E-state index in [2.05, 4.69) is 69.3 Å². The first-order valence-corrected chi connectivity index (χ1v) is 9.93. The first-order valence-electron chi connectivity index (χ1n) is 8.61. The predicted molar refractivity (Wildman–Crippen MR) is 99.1 cm³/mol. The van der Waals surface area contributed by atoms with Crippen LogP contribution in [0.2, 0.25) is 0 Å². The molecule has 2 rings (SSSR count). The van der Waals surface area contributed by atoms with Crippen molar-refractivity contribution in [2.24, 2.45) is 0 Å². The molecule has 0 atom stereocenters. The molecule has 0 N–H and O–H groups in total. The maximum Gasteiger partial charge on any atom is 0.423 e. The van der Waals surface area contributed by atoms with Gasteiger partial charge in [0.1, 0.15) is 0 Å². The van der Waals surface area contributed by atoms with Crippen LogP contribution in [0.5, 0.6) is 0 Å². The van der Waals surface area contributed by atoms with Crippen molar-refractivity contribution in [3.05, 3.63) is 54.1 Å². The van der Waals surface area contributed by atoms with E-state index in [0.29, 0.717) is 0 Å². The zero-order valence-corrected chi connectivity index (χ0v) is 15.5. The second-order valence-corrected chi connectivity index (χ2v) is 7.27. The maximum absolute atomic E-state index is 6.09. The lowest BCUT2D eigenvalue weighted by Crippen LogP contribution is -2.39. The minimum absolute atomic E-state index is 0.761. The van der Waals surface area contributed by atoms with Crippen LogP contribution in [0.25, 0.3) is 11.1 Å². The van der Waals surface area contributed by atoms with Crippen LogP contribution in [0, 0.1) is 0 Å². The van der Waals surface area contributed by atoms with Crippen molar-refractivity contribution in [3.8, 4) is 11.1 Å². The summed E-state index contributed by atoms with van der Waals surface area (Å²) in [5.41, 5.74) is 3.81. The lowest BCUT2D eigenvalue weighted by atomic mass is 10.0. The Morgan fingerprint density at radius 3 is 2.00 bits per heavy atom. The number of benzene rings is 2. The molecule has 0 aromatic heterocycles.